The van der Waals surface area contributed by atoms with Crippen molar-refractivity contribution in [3.63, 3.8) is 0 Å². The zero-order chi connectivity index (χ0) is 19.8. The predicted octanol–water partition coefficient (Wildman–Crippen LogP) is 2.90. The van der Waals surface area contributed by atoms with Crippen LogP contribution in [0.5, 0.6) is 5.75 Å². The number of fused-ring (bicyclic) bond motifs is 1. The number of nitrogens with one attached hydrogen (secondary N) is 1. The number of carboxylic acid groups (broad SMARTS) is 1. The summed E-state index contributed by atoms with van der Waals surface area (Å²) in [5.74, 6) is -1.29. The number of phenolic OH excluding ortho intramolecular Hbond substituents is 1. The van der Waals surface area contributed by atoms with E-state index in [-0.39, 0.29) is 23.9 Å². The summed E-state index contributed by atoms with van der Waals surface area (Å²) in [6.07, 6.45) is 0.954. The average molecular weight is 396 g/mol. The molecule has 0 saturated carbocycles. The van der Waals surface area contributed by atoms with Crippen LogP contribution in [0.4, 0.5) is 5.69 Å². The first-order valence-electron chi connectivity index (χ1n) is 8.67. The van der Waals surface area contributed by atoms with Gasteiger partial charge >= 0.3 is 5.97 Å². The van der Waals surface area contributed by atoms with Crippen LogP contribution in [0, 0.1) is 5.92 Å². The van der Waals surface area contributed by atoms with E-state index in [1.807, 2.05) is 18.2 Å². The fourth-order valence-electron chi connectivity index (χ4n) is 3.19. The van der Waals surface area contributed by atoms with Crippen LogP contribution in [0.15, 0.2) is 30.3 Å². The van der Waals surface area contributed by atoms with Gasteiger partial charge in [-0.25, -0.2) is 0 Å². The molecule has 27 heavy (non-hydrogen) atoms. The lowest BCUT2D eigenvalue weighted by atomic mass is 9.99. The number of benzene rings is 2. The number of aryl methyl sites for hydroxylation is 1. The van der Waals surface area contributed by atoms with Crippen molar-refractivity contribution in [2.24, 2.45) is 5.92 Å². The third kappa shape index (κ3) is 4.28. The van der Waals surface area contributed by atoms with Crippen molar-refractivity contribution >= 4 is 33.4 Å². The minimum absolute atomic E-state index is 0.0613. The lowest BCUT2D eigenvalue weighted by Gasteiger charge is -2.37. The largest absolute Gasteiger partial charge is 0.506 e. The normalized spacial score (nSPS) is 21.3. The number of phenols is 1. The monoisotopic (exact) mass is 396 g/mol. The van der Waals surface area contributed by atoms with Crippen molar-refractivity contribution in [2.45, 2.75) is 32.4 Å². The SMILES string of the molecule is CC(CCCc1ccc2cc(O)c(N3CC(O)NS3(O)O)cc2c1)C(=O)O. The van der Waals surface area contributed by atoms with Gasteiger partial charge in [0.05, 0.1) is 12.5 Å². The first kappa shape index (κ1) is 19.7. The van der Waals surface area contributed by atoms with Crippen LogP contribution < -0.4 is 9.03 Å². The summed E-state index contributed by atoms with van der Waals surface area (Å²) in [5, 5.41) is 30.5. The van der Waals surface area contributed by atoms with Crippen LogP contribution in [0.25, 0.3) is 10.8 Å². The maximum atomic E-state index is 10.9. The Bertz CT molecular complexity index is 859. The Labute approximate surface area is 158 Å². The van der Waals surface area contributed by atoms with E-state index in [1.54, 1.807) is 19.1 Å². The van der Waals surface area contributed by atoms with E-state index in [1.165, 1.54) is 0 Å². The standard InChI is InChI=1S/C18H24N2O6S/c1-11(18(23)24)3-2-4-12-5-6-13-9-16(21)15(8-14(13)7-12)20-10-17(22)19-27(20,25)26/h5-9,11,17,19,21-22,25-26H,2-4,10H2,1H3,(H,23,24). The molecule has 1 aliphatic rings. The number of hydrogen-bond donors (Lipinski definition) is 6. The van der Waals surface area contributed by atoms with E-state index in [2.05, 4.69) is 4.72 Å². The summed E-state index contributed by atoms with van der Waals surface area (Å²) in [6.45, 7) is 1.63. The molecule has 1 saturated heterocycles. The van der Waals surface area contributed by atoms with Gasteiger partial charge in [0.25, 0.3) is 0 Å². The Morgan fingerprint density at radius 1 is 1.30 bits per heavy atom. The highest BCUT2D eigenvalue weighted by atomic mass is 32.3. The third-order valence-electron chi connectivity index (χ3n) is 4.73. The number of carbonyl (C=O) groups is 1. The van der Waals surface area contributed by atoms with E-state index >= 15 is 0 Å². The summed E-state index contributed by atoms with van der Waals surface area (Å²) in [4.78, 5) is 10.9. The molecule has 0 bridgehead atoms. The Hall–Kier alpha value is -2.04. The van der Waals surface area contributed by atoms with E-state index in [9.17, 15) is 24.1 Å². The quantitative estimate of drug-likeness (QED) is 0.439. The molecule has 2 unspecified atom stereocenters. The molecule has 1 aliphatic heterocycles. The predicted molar refractivity (Wildman–Crippen MR) is 105 cm³/mol. The van der Waals surface area contributed by atoms with Crippen LogP contribution in [-0.4, -0.2) is 43.2 Å². The van der Waals surface area contributed by atoms with E-state index in [4.69, 9.17) is 5.11 Å². The molecule has 6 N–H and O–H groups in total. The molecule has 9 heteroatoms. The molecule has 148 valence electrons. The lowest BCUT2D eigenvalue weighted by molar-refractivity contribution is -0.141. The number of carboxylic acids is 1. The van der Waals surface area contributed by atoms with Crippen molar-refractivity contribution < 1.29 is 29.2 Å². The lowest BCUT2D eigenvalue weighted by Crippen LogP contribution is -2.25. The summed E-state index contributed by atoms with van der Waals surface area (Å²) in [5.41, 5.74) is 1.26. The second kappa shape index (κ2) is 7.53. The van der Waals surface area contributed by atoms with Gasteiger partial charge in [0.2, 0.25) is 0 Å². The molecule has 0 amide bonds. The molecule has 3 rings (SSSR count). The topological polar surface area (TPSA) is 133 Å². The maximum absolute atomic E-state index is 10.9. The maximum Gasteiger partial charge on any atom is 0.306 e. The Morgan fingerprint density at radius 3 is 2.67 bits per heavy atom. The molecule has 2 aromatic carbocycles. The molecule has 1 fully saturated rings. The molecule has 0 radical (unpaired) electrons. The van der Waals surface area contributed by atoms with Crippen molar-refractivity contribution in [2.75, 3.05) is 10.8 Å². The van der Waals surface area contributed by atoms with E-state index in [0.29, 0.717) is 6.42 Å². The molecule has 1 heterocycles. The molecule has 2 aromatic rings. The van der Waals surface area contributed by atoms with Crippen molar-refractivity contribution in [3.05, 3.63) is 35.9 Å². The second-order valence-electron chi connectivity index (χ2n) is 6.87. The molecule has 0 spiro atoms. The van der Waals surface area contributed by atoms with Gasteiger partial charge in [-0.05, 0) is 47.7 Å². The summed E-state index contributed by atoms with van der Waals surface area (Å²) in [7, 11) is -3.40. The van der Waals surface area contributed by atoms with Crippen molar-refractivity contribution in [1.82, 2.24) is 4.72 Å². The third-order valence-corrected chi connectivity index (χ3v) is 6.28. The summed E-state index contributed by atoms with van der Waals surface area (Å²) in [6, 6.07) is 8.93. The highest BCUT2D eigenvalue weighted by Crippen LogP contribution is 2.50. The molecule has 0 aliphatic carbocycles. The molecule has 0 aromatic heterocycles. The second-order valence-corrected chi connectivity index (χ2v) is 8.58. The van der Waals surface area contributed by atoms with Gasteiger partial charge < -0.3 is 15.3 Å². The number of anilines is 1. The fraction of sp³-hybridized carbons (Fsp3) is 0.389. The van der Waals surface area contributed by atoms with Crippen LogP contribution >= 0.6 is 11.0 Å². The minimum atomic E-state index is -3.40. The zero-order valence-electron chi connectivity index (χ0n) is 14.9. The van der Waals surface area contributed by atoms with Crippen LogP contribution in [0.3, 0.4) is 0 Å². The van der Waals surface area contributed by atoms with Gasteiger partial charge in [-0.2, -0.15) is 4.72 Å². The van der Waals surface area contributed by atoms with Gasteiger partial charge in [0.15, 0.2) is 0 Å². The number of hydrogen-bond acceptors (Lipinski definition) is 7. The number of β-amino-alcohol motifs (C(OH)–C–C–N with tert-alkyl or cyclic N) is 1. The van der Waals surface area contributed by atoms with Crippen molar-refractivity contribution in [1.29, 1.82) is 0 Å². The highest BCUT2D eigenvalue weighted by Gasteiger charge is 2.36. The molecular weight excluding hydrogens is 372 g/mol. The van der Waals surface area contributed by atoms with Crippen LogP contribution in [-0.2, 0) is 11.2 Å². The minimum Gasteiger partial charge on any atom is -0.506 e. The summed E-state index contributed by atoms with van der Waals surface area (Å²) >= 11 is 0. The average Bonchev–Trinajstić information content (AvgIpc) is 2.86. The van der Waals surface area contributed by atoms with Crippen molar-refractivity contribution in [3.8, 4) is 5.75 Å². The number of aromatic hydroxyl groups is 1. The number of aliphatic hydroxyl groups is 1. The zero-order valence-corrected chi connectivity index (χ0v) is 15.7. The van der Waals surface area contributed by atoms with Gasteiger partial charge in [-0.3, -0.25) is 18.2 Å². The molecule has 8 nitrogen and oxygen atoms in total. The Morgan fingerprint density at radius 2 is 2.04 bits per heavy atom. The van der Waals surface area contributed by atoms with Crippen LogP contribution in [0.2, 0.25) is 0 Å². The van der Waals surface area contributed by atoms with Gasteiger partial charge in [0.1, 0.15) is 17.7 Å². The fourth-order valence-corrected chi connectivity index (χ4v) is 4.53. The Kier molecular flexibility index (Phi) is 5.50. The number of aliphatic hydroxyl groups excluding tert-OH is 1. The number of aliphatic carboxylic acids is 1. The first-order chi connectivity index (χ1) is 12.7. The van der Waals surface area contributed by atoms with Crippen LogP contribution in [0.1, 0.15) is 25.3 Å². The number of nitrogens with zero attached hydrogens (tertiary/aromatic N) is 1. The Balaban J connectivity index is 1.83. The summed E-state index contributed by atoms with van der Waals surface area (Å²) < 4.78 is 23.6. The van der Waals surface area contributed by atoms with Gasteiger partial charge in [-0.15, -0.1) is 0 Å². The van der Waals surface area contributed by atoms with Gasteiger partial charge in [0, 0.05) is 0 Å². The smallest absolute Gasteiger partial charge is 0.306 e. The molecular formula is C18H24N2O6S. The van der Waals surface area contributed by atoms with E-state index in [0.717, 1.165) is 33.5 Å². The first-order valence-corrected chi connectivity index (χ1v) is 10.2. The van der Waals surface area contributed by atoms with E-state index < -0.39 is 23.2 Å². The van der Waals surface area contributed by atoms with Gasteiger partial charge in [-0.1, -0.05) is 36.1 Å². The number of rotatable bonds is 6. The highest BCUT2D eigenvalue weighted by molar-refractivity contribution is 8.24. The molecule has 2 atom stereocenters.